The molecule has 3 rings (SSSR count). The molecule has 0 saturated carbocycles. The van der Waals surface area contributed by atoms with Crippen molar-refractivity contribution >= 4 is 11.8 Å². The smallest absolute Gasteiger partial charge is 0.225 e. The van der Waals surface area contributed by atoms with Gasteiger partial charge in [-0.15, -0.1) is 0 Å². The van der Waals surface area contributed by atoms with Crippen LogP contribution in [0.15, 0.2) is 60.7 Å². The highest BCUT2D eigenvalue weighted by atomic mass is 16.7. The van der Waals surface area contributed by atoms with Crippen molar-refractivity contribution < 1.29 is 28.5 Å². The Balaban J connectivity index is 1.72. The number of ether oxygens (including phenoxy) is 4. The van der Waals surface area contributed by atoms with Gasteiger partial charge in [0.1, 0.15) is 0 Å². The summed E-state index contributed by atoms with van der Waals surface area (Å²) < 4.78 is 22.5. The Kier molecular flexibility index (Phi) is 10.5. The number of rotatable bonds is 6. The van der Waals surface area contributed by atoms with E-state index in [4.69, 9.17) is 18.9 Å². The van der Waals surface area contributed by atoms with E-state index >= 15 is 0 Å². The molecule has 1 fully saturated rings. The maximum Gasteiger partial charge on any atom is 0.225 e. The Labute approximate surface area is 200 Å². The molecule has 34 heavy (non-hydrogen) atoms. The lowest BCUT2D eigenvalue weighted by Crippen LogP contribution is -2.46. The van der Waals surface area contributed by atoms with Crippen molar-refractivity contribution in [1.29, 1.82) is 0 Å². The molecule has 2 aromatic rings. The van der Waals surface area contributed by atoms with E-state index in [1.54, 1.807) is 0 Å². The topological polar surface area (TPSA) is 95.1 Å². The van der Waals surface area contributed by atoms with Gasteiger partial charge in [-0.25, -0.2) is 0 Å². The minimum absolute atomic E-state index is 0.0293. The van der Waals surface area contributed by atoms with Gasteiger partial charge in [0.15, 0.2) is 12.6 Å². The van der Waals surface area contributed by atoms with Gasteiger partial charge >= 0.3 is 0 Å². The molecule has 0 radical (unpaired) electrons. The van der Waals surface area contributed by atoms with Crippen LogP contribution in [0, 0.1) is 0 Å². The van der Waals surface area contributed by atoms with E-state index < -0.39 is 12.6 Å². The Hall–Kier alpha value is -2.78. The van der Waals surface area contributed by atoms with E-state index in [1.165, 1.54) is 14.2 Å². The summed E-state index contributed by atoms with van der Waals surface area (Å²) in [5.41, 5.74) is 2.13. The van der Waals surface area contributed by atoms with Gasteiger partial charge in [-0.3, -0.25) is 9.59 Å². The SMILES string of the molecule is CO[C@H]1CC(=O)N[C@@H](Cc2ccccc2)CO[C@@H](OC)CC(=O)N[C@@H](Cc2ccccc2)CO1. The van der Waals surface area contributed by atoms with E-state index in [2.05, 4.69) is 10.6 Å². The number of carbonyl (C=O) groups is 2. The molecule has 4 atom stereocenters. The first-order valence-corrected chi connectivity index (χ1v) is 11.5. The molecule has 184 valence electrons. The average molecular weight is 471 g/mol. The van der Waals surface area contributed by atoms with Crippen molar-refractivity contribution in [1.82, 2.24) is 10.6 Å². The maximum atomic E-state index is 12.8. The highest BCUT2D eigenvalue weighted by Gasteiger charge is 2.24. The summed E-state index contributed by atoms with van der Waals surface area (Å²) in [6, 6.07) is 19.0. The third-order valence-corrected chi connectivity index (χ3v) is 5.58. The first-order valence-electron chi connectivity index (χ1n) is 11.5. The van der Waals surface area contributed by atoms with Crippen molar-refractivity contribution in [2.75, 3.05) is 27.4 Å². The van der Waals surface area contributed by atoms with Crippen molar-refractivity contribution in [3.05, 3.63) is 71.8 Å². The van der Waals surface area contributed by atoms with E-state index in [1.807, 2.05) is 60.7 Å². The fourth-order valence-corrected chi connectivity index (χ4v) is 3.84. The summed E-state index contributed by atoms with van der Waals surface area (Å²) in [6.07, 6.45) is -0.255. The van der Waals surface area contributed by atoms with E-state index in [0.717, 1.165) is 11.1 Å². The lowest BCUT2D eigenvalue weighted by molar-refractivity contribution is -0.160. The summed E-state index contributed by atoms with van der Waals surface area (Å²) in [4.78, 5) is 25.5. The molecule has 2 N–H and O–H groups in total. The van der Waals surface area contributed by atoms with Crippen molar-refractivity contribution in [3.8, 4) is 0 Å². The van der Waals surface area contributed by atoms with E-state index in [-0.39, 0.29) is 50.0 Å². The Morgan fingerprint density at radius 1 is 0.706 bits per heavy atom. The fourth-order valence-electron chi connectivity index (χ4n) is 3.84. The summed E-state index contributed by atoms with van der Waals surface area (Å²) in [6.45, 7) is 0.386. The summed E-state index contributed by atoms with van der Waals surface area (Å²) in [5, 5.41) is 6.02. The van der Waals surface area contributed by atoms with Gasteiger partial charge in [-0.2, -0.15) is 0 Å². The highest BCUT2D eigenvalue weighted by molar-refractivity contribution is 5.77. The molecule has 0 aromatic heterocycles. The van der Waals surface area contributed by atoms with Crippen molar-refractivity contribution in [3.63, 3.8) is 0 Å². The second-order valence-corrected chi connectivity index (χ2v) is 8.31. The second-order valence-electron chi connectivity index (χ2n) is 8.31. The molecule has 1 aliphatic heterocycles. The molecule has 1 saturated heterocycles. The summed E-state index contributed by atoms with van der Waals surface area (Å²) >= 11 is 0. The molecule has 8 nitrogen and oxygen atoms in total. The normalized spacial score (nSPS) is 25.1. The number of carbonyl (C=O) groups excluding carboxylic acids is 2. The standard InChI is InChI=1S/C26H34N2O6/c1-31-25-15-23(29)27-22(14-20-11-7-4-8-12-20)18-34-26(32-2)16-24(30)28-21(17-33-25)13-19-9-5-3-6-10-19/h3-12,21-22,25-26H,13-18H2,1-2H3,(H,27,29)(H,28,30)/t21-,22-,25+,26+/m0/s1. The van der Waals surface area contributed by atoms with Gasteiger partial charge in [-0.05, 0) is 24.0 Å². The van der Waals surface area contributed by atoms with Gasteiger partial charge in [-0.1, -0.05) is 60.7 Å². The number of amides is 2. The largest absolute Gasteiger partial charge is 0.355 e. The molecule has 0 aliphatic carbocycles. The first kappa shape index (κ1) is 25.8. The van der Waals surface area contributed by atoms with Gasteiger partial charge in [0.05, 0.1) is 38.1 Å². The minimum Gasteiger partial charge on any atom is -0.355 e. The highest BCUT2D eigenvalue weighted by Crippen LogP contribution is 2.11. The van der Waals surface area contributed by atoms with Crippen LogP contribution < -0.4 is 10.6 Å². The Morgan fingerprint density at radius 2 is 1.09 bits per heavy atom. The molecule has 1 aliphatic rings. The van der Waals surface area contributed by atoms with Crippen LogP contribution in [0.4, 0.5) is 0 Å². The van der Waals surface area contributed by atoms with Gasteiger partial charge < -0.3 is 29.6 Å². The van der Waals surface area contributed by atoms with Crippen LogP contribution in [0.3, 0.4) is 0 Å². The lowest BCUT2D eigenvalue weighted by atomic mass is 10.1. The predicted molar refractivity (Wildman–Crippen MR) is 127 cm³/mol. The Bertz CT molecular complexity index is 806. The molecule has 0 spiro atoms. The number of hydrogen-bond acceptors (Lipinski definition) is 6. The van der Waals surface area contributed by atoms with Crippen LogP contribution in [0.2, 0.25) is 0 Å². The number of benzene rings is 2. The molecule has 8 heteroatoms. The van der Waals surface area contributed by atoms with Gasteiger partial charge in [0, 0.05) is 14.2 Å². The molecule has 0 unspecified atom stereocenters. The van der Waals surface area contributed by atoms with Crippen LogP contribution >= 0.6 is 0 Å². The predicted octanol–water partition coefficient (Wildman–Crippen LogP) is 2.21. The third-order valence-electron chi connectivity index (χ3n) is 5.58. The second kappa shape index (κ2) is 13.8. The number of hydrogen-bond donors (Lipinski definition) is 2. The monoisotopic (exact) mass is 470 g/mol. The number of methoxy groups -OCH3 is 2. The average Bonchev–Trinajstić information content (AvgIpc) is 2.84. The molecule has 2 amide bonds. The molecule has 1 heterocycles. The van der Waals surface area contributed by atoms with Crippen LogP contribution in [0.25, 0.3) is 0 Å². The molecule has 0 bridgehead atoms. The number of nitrogens with one attached hydrogen (secondary N) is 2. The summed E-state index contributed by atoms with van der Waals surface area (Å²) in [7, 11) is 3.00. The van der Waals surface area contributed by atoms with Crippen LogP contribution in [-0.2, 0) is 41.4 Å². The molecular weight excluding hydrogens is 436 g/mol. The van der Waals surface area contributed by atoms with E-state index in [9.17, 15) is 9.59 Å². The molecule has 2 aromatic carbocycles. The van der Waals surface area contributed by atoms with Crippen molar-refractivity contribution in [2.45, 2.75) is 50.3 Å². The van der Waals surface area contributed by atoms with Crippen LogP contribution in [-0.4, -0.2) is 63.9 Å². The zero-order chi connectivity index (χ0) is 24.2. The fraction of sp³-hybridized carbons (Fsp3) is 0.462. The summed E-state index contributed by atoms with van der Waals surface area (Å²) in [5.74, 6) is -0.405. The Morgan fingerprint density at radius 3 is 1.44 bits per heavy atom. The van der Waals surface area contributed by atoms with Crippen LogP contribution in [0.1, 0.15) is 24.0 Å². The zero-order valence-electron chi connectivity index (χ0n) is 19.8. The minimum atomic E-state index is -0.733. The third kappa shape index (κ3) is 8.87. The van der Waals surface area contributed by atoms with Gasteiger partial charge in [0.2, 0.25) is 11.8 Å². The maximum absolute atomic E-state index is 12.8. The lowest BCUT2D eigenvalue weighted by Gasteiger charge is -2.27. The quantitative estimate of drug-likeness (QED) is 0.672. The first-order chi connectivity index (χ1) is 16.6. The van der Waals surface area contributed by atoms with Crippen LogP contribution in [0.5, 0.6) is 0 Å². The van der Waals surface area contributed by atoms with E-state index in [0.29, 0.717) is 12.8 Å². The zero-order valence-corrected chi connectivity index (χ0v) is 19.8. The molecular formula is C26H34N2O6. The van der Waals surface area contributed by atoms with Gasteiger partial charge in [0.25, 0.3) is 0 Å². The van der Waals surface area contributed by atoms with Crippen molar-refractivity contribution in [2.24, 2.45) is 0 Å².